The monoisotopic (exact) mass is 480 g/mol. The zero-order valence-electron chi connectivity index (χ0n) is 19.9. The summed E-state index contributed by atoms with van der Waals surface area (Å²) in [6.45, 7) is 1.80. The number of carbonyl (C=O) groups excluding carboxylic acids is 1. The first kappa shape index (κ1) is 24.0. The first-order chi connectivity index (χ1) is 16.8. The summed E-state index contributed by atoms with van der Waals surface area (Å²) in [6, 6.07) is 14.2. The fraction of sp³-hybridized carbons (Fsp3) is 0.231. The number of fused-ring (bicyclic) bond motifs is 1. The first-order valence-electron chi connectivity index (χ1n) is 11.0. The lowest BCUT2D eigenvalue weighted by atomic mass is 10.00. The second-order valence-corrected chi connectivity index (χ2v) is 8.13. The molecule has 0 saturated heterocycles. The second-order valence-electron chi connectivity index (χ2n) is 8.13. The standard InChI is InChI=1S/C26H26F2N4O3/c1-16-13-20-17(14-23(34-3)25(35-4)24(20)28)15-29-32(16)26(33)31(2)19-11-9-18(10-12-19)30-22-8-6-5-7-21(22)27/h5-12,14-16,30H,13H2,1-4H3. The van der Waals surface area contributed by atoms with Gasteiger partial charge in [0.05, 0.1) is 32.2 Å². The second kappa shape index (κ2) is 10.0. The number of methoxy groups -OCH3 is 2. The van der Waals surface area contributed by atoms with E-state index in [4.69, 9.17) is 9.47 Å². The zero-order chi connectivity index (χ0) is 25.1. The van der Waals surface area contributed by atoms with Crippen LogP contribution in [0.3, 0.4) is 0 Å². The van der Waals surface area contributed by atoms with Crippen LogP contribution in [-0.2, 0) is 6.42 Å². The van der Waals surface area contributed by atoms with Gasteiger partial charge in [0.25, 0.3) is 0 Å². The number of ether oxygens (including phenoxy) is 2. The number of hydrogen-bond acceptors (Lipinski definition) is 5. The van der Waals surface area contributed by atoms with Crippen molar-refractivity contribution in [1.82, 2.24) is 5.01 Å². The molecule has 0 aromatic heterocycles. The van der Waals surface area contributed by atoms with E-state index in [1.54, 1.807) is 62.5 Å². The largest absolute Gasteiger partial charge is 0.493 e. The van der Waals surface area contributed by atoms with Crippen molar-refractivity contribution < 1.29 is 23.0 Å². The lowest BCUT2D eigenvalue weighted by Crippen LogP contribution is -2.43. The number of nitrogens with one attached hydrogen (secondary N) is 1. The summed E-state index contributed by atoms with van der Waals surface area (Å²) in [5, 5.41) is 8.68. The highest BCUT2D eigenvalue weighted by Crippen LogP contribution is 2.36. The Kier molecular flexibility index (Phi) is 6.86. The summed E-state index contributed by atoms with van der Waals surface area (Å²) in [5.74, 6) is -0.609. The Labute approximate surface area is 202 Å². The van der Waals surface area contributed by atoms with E-state index in [1.807, 2.05) is 0 Å². The molecule has 0 radical (unpaired) electrons. The van der Waals surface area contributed by atoms with Gasteiger partial charge in [-0.15, -0.1) is 0 Å². The molecule has 0 aliphatic carbocycles. The van der Waals surface area contributed by atoms with Gasteiger partial charge in [0, 0.05) is 29.5 Å². The van der Waals surface area contributed by atoms with Crippen LogP contribution in [0.25, 0.3) is 0 Å². The van der Waals surface area contributed by atoms with Crippen LogP contribution >= 0.6 is 0 Å². The molecule has 1 heterocycles. The highest BCUT2D eigenvalue weighted by molar-refractivity contribution is 5.93. The number of hydrogen-bond donors (Lipinski definition) is 1. The predicted molar refractivity (Wildman–Crippen MR) is 132 cm³/mol. The molecule has 0 spiro atoms. The molecule has 3 aromatic carbocycles. The van der Waals surface area contributed by atoms with Gasteiger partial charge in [0.1, 0.15) is 5.82 Å². The van der Waals surface area contributed by atoms with Crippen molar-refractivity contribution in [2.45, 2.75) is 19.4 Å². The van der Waals surface area contributed by atoms with Gasteiger partial charge < -0.3 is 14.8 Å². The number of urea groups is 1. The molecule has 7 nitrogen and oxygen atoms in total. The molecule has 1 aliphatic heterocycles. The summed E-state index contributed by atoms with van der Waals surface area (Å²) in [6.07, 6.45) is 1.70. The van der Waals surface area contributed by atoms with E-state index >= 15 is 4.39 Å². The number of carbonyl (C=O) groups is 1. The van der Waals surface area contributed by atoms with Gasteiger partial charge in [0.2, 0.25) is 0 Å². The maximum absolute atomic E-state index is 15.1. The van der Waals surface area contributed by atoms with Crippen LogP contribution in [0.2, 0.25) is 0 Å². The number of halogens is 2. The van der Waals surface area contributed by atoms with Gasteiger partial charge in [-0.25, -0.2) is 18.6 Å². The van der Waals surface area contributed by atoms with E-state index in [1.165, 1.54) is 36.4 Å². The zero-order valence-corrected chi connectivity index (χ0v) is 19.9. The number of anilines is 3. The summed E-state index contributed by atoms with van der Waals surface area (Å²) in [7, 11) is 4.44. The van der Waals surface area contributed by atoms with Crippen molar-refractivity contribution >= 4 is 29.3 Å². The molecule has 0 bridgehead atoms. The van der Waals surface area contributed by atoms with E-state index in [-0.39, 0.29) is 29.8 Å². The smallest absolute Gasteiger partial charge is 0.344 e. The number of rotatable bonds is 5. The van der Waals surface area contributed by atoms with E-state index in [0.29, 0.717) is 28.2 Å². The molecule has 0 fully saturated rings. The van der Waals surface area contributed by atoms with E-state index in [0.717, 1.165) is 0 Å². The molecular formula is C26H26F2N4O3. The molecule has 182 valence electrons. The number of benzene rings is 3. The molecule has 1 atom stereocenters. The van der Waals surface area contributed by atoms with Gasteiger partial charge in [-0.05, 0) is 55.8 Å². The Morgan fingerprint density at radius 1 is 1.11 bits per heavy atom. The van der Waals surface area contributed by atoms with Crippen LogP contribution in [0, 0.1) is 11.6 Å². The average molecular weight is 481 g/mol. The summed E-state index contributed by atoms with van der Waals surface area (Å²) < 4.78 is 39.4. The van der Waals surface area contributed by atoms with Crippen molar-refractivity contribution in [2.24, 2.45) is 5.10 Å². The normalized spacial score (nSPS) is 14.7. The van der Waals surface area contributed by atoms with Gasteiger partial charge in [-0.3, -0.25) is 4.90 Å². The van der Waals surface area contributed by atoms with Crippen LogP contribution < -0.4 is 19.7 Å². The Hall–Kier alpha value is -4.14. The van der Waals surface area contributed by atoms with Crippen molar-refractivity contribution in [3.63, 3.8) is 0 Å². The minimum atomic E-state index is -0.527. The van der Waals surface area contributed by atoms with Gasteiger partial charge in [0.15, 0.2) is 17.3 Å². The predicted octanol–water partition coefficient (Wildman–Crippen LogP) is 5.56. The summed E-state index contributed by atoms with van der Waals surface area (Å²) in [5.41, 5.74) is 2.58. The maximum atomic E-state index is 15.1. The molecule has 1 aliphatic rings. The van der Waals surface area contributed by atoms with Gasteiger partial charge in [-0.2, -0.15) is 5.10 Å². The molecule has 35 heavy (non-hydrogen) atoms. The minimum Gasteiger partial charge on any atom is -0.493 e. The maximum Gasteiger partial charge on any atom is 0.344 e. The third kappa shape index (κ3) is 4.75. The summed E-state index contributed by atoms with van der Waals surface area (Å²) in [4.78, 5) is 14.7. The fourth-order valence-corrected chi connectivity index (χ4v) is 3.94. The third-order valence-corrected chi connectivity index (χ3v) is 5.88. The lowest BCUT2D eigenvalue weighted by molar-refractivity contribution is 0.190. The van der Waals surface area contributed by atoms with Crippen LogP contribution in [0.4, 0.5) is 30.6 Å². The number of hydrazone groups is 1. The molecule has 4 rings (SSSR count). The molecule has 9 heteroatoms. The van der Waals surface area contributed by atoms with Gasteiger partial charge >= 0.3 is 6.03 Å². The number of amides is 2. The summed E-state index contributed by atoms with van der Waals surface area (Å²) >= 11 is 0. The van der Waals surface area contributed by atoms with E-state index in [9.17, 15) is 9.18 Å². The molecular weight excluding hydrogens is 454 g/mol. The molecule has 0 saturated carbocycles. The molecule has 1 unspecified atom stereocenters. The quantitative estimate of drug-likeness (QED) is 0.519. The Bertz CT molecular complexity index is 1260. The Balaban J connectivity index is 1.53. The minimum absolute atomic E-state index is 0.0211. The lowest BCUT2D eigenvalue weighted by Gasteiger charge is -2.28. The van der Waals surface area contributed by atoms with E-state index in [2.05, 4.69) is 10.4 Å². The average Bonchev–Trinajstić information content (AvgIpc) is 3.03. The van der Waals surface area contributed by atoms with Gasteiger partial charge in [-0.1, -0.05) is 12.1 Å². The van der Waals surface area contributed by atoms with Crippen LogP contribution in [-0.4, -0.2) is 44.6 Å². The number of para-hydroxylation sites is 1. The molecule has 3 aromatic rings. The Morgan fingerprint density at radius 3 is 2.49 bits per heavy atom. The third-order valence-electron chi connectivity index (χ3n) is 5.88. The van der Waals surface area contributed by atoms with E-state index < -0.39 is 11.9 Å². The van der Waals surface area contributed by atoms with Crippen molar-refractivity contribution in [2.75, 3.05) is 31.5 Å². The van der Waals surface area contributed by atoms with Crippen LogP contribution in [0.1, 0.15) is 18.1 Å². The molecule has 1 N–H and O–H groups in total. The fourth-order valence-electron chi connectivity index (χ4n) is 3.94. The topological polar surface area (TPSA) is 66.4 Å². The highest BCUT2D eigenvalue weighted by Gasteiger charge is 2.29. The SMILES string of the molecule is COc1cc2c(c(F)c1OC)CC(C)N(C(=O)N(C)c1ccc(Nc3ccccc3F)cc1)N=C2. The van der Waals surface area contributed by atoms with Crippen LogP contribution in [0.15, 0.2) is 59.7 Å². The first-order valence-corrected chi connectivity index (χ1v) is 11.0. The Morgan fingerprint density at radius 2 is 1.83 bits per heavy atom. The van der Waals surface area contributed by atoms with Crippen molar-refractivity contribution in [1.29, 1.82) is 0 Å². The molecule has 2 amide bonds. The van der Waals surface area contributed by atoms with Crippen LogP contribution in [0.5, 0.6) is 11.5 Å². The number of nitrogens with zero attached hydrogens (tertiary/aromatic N) is 3. The van der Waals surface area contributed by atoms with Crippen molar-refractivity contribution in [3.8, 4) is 11.5 Å². The van der Waals surface area contributed by atoms with Crippen molar-refractivity contribution in [3.05, 3.63) is 77.4 Å². The highest BCUT2D eigenvalue weighted by atomic mass is 19.1.